The van der Waals surface area contributed by atoms with Gasteiger partial charge in [-0.3, -0.25) is 24.6 Å². The Hall–Kier alpha value is -4.24. The number of nitrogens with zero attached hydrogens (tertiary/aromatic N) is 2. The number of amides is 1. The predicted molar refractivity (Wildman–Crippen MR) is 126 cm³/mol. The molecule has 35 heavy (non-hydrogen) atoms. The highest BCUT2D eigenvalue weighted by molar-refractivity contribution is 6.12. The molecule has 3 aliphatic heterocycles. The summed E-state index contributed by atoms with van der Waals surface area (Å²) in [5, 5.41) is 14.4. The van der Waals surface area contributed by atoms with Gasteiger partial charge in [0.25, 0.3) is 5.69 Å². The zero-order valence-electron chi connectivity index (χ0n) is 18.8. The summed E-state index contributed by atoms with van der Waals surface area (Å²) in [5.41, 5.74) is 1.09. The molecule has 1 unspecified atom stereocenters. The van der Waals surface area contributed by atoms with Crippen LogP contribution in [0.15, 0.2) is 66.7 Å². The quantitative estimate of drug-likeness (QED) is 0.351. The molecule has 3 aromatic carbocycles. The third-order valence-electron chi connectivity index (χ3n) is 7.31. The van der Waals surface area contributed by atoms with E-state index in [0.29, 0.717) is 34.9 Å². The van der Waals surface area contributed by atoms with E-state index in [1.165, 1.54) is 12.1 Å². The fraction of sp³-hybridized carbons (Fsp3) is 0.231. The van der Waals surface area contributed by atoms with Crippen LogP contribution in [0.3, 0.4) is 0 Å². The number of hydrogen-bond acceptors (Lipinski definition) is 7. The van der Waals surface area contributed by atoms with E-state index in [1.807, 2.05) is 36.2 Å². The Bertz CT molecular complexity index is 1410. The van der Waals surface area contributed by atoms with Crippen LogP contribution in [0.25, 0.3) is 0 Å². The highest BCUT2D eigenvalue weighted by atomic mass is 16.7. The van der Waals surface area contributed by atoms with Crippen molar-refractivity contribution in [3.63, 3.8) is 0 Å². The number of benzene rings is 3. The number of nitro benzene ring substituents is 1. The molecule has 176 valence electrons. The van der Waals surface area contributed by atoms with Gasteiger partial charge >= 0.3 is 0 Å². The van der Waals surface area contributed by atoms with E-state index in [4.69, 9.17) is 9.47 Å². The van der Waals surface area contributed by atoms with Gasteiger partial charge in [-0.1, -0.05) is 30.3 Å². The second-order valence-corrected chi connectivity index (χ2v) is 9.02. The average molecular weight is 471 g/mol. The number of anilines is 1. The van der Waals surface area contributed by atoms with Gasteiger partial charge in [-0.15, -0.1) is 0 Å². The number of ether oxygens (including phenoxy) is 2. The van der Waals surface area contributed by atoms with Gasteiger partial charge in [-0.25, -0.2) is 0 Å². The monoisotopic (exact) mass is 471 g/mol. The van der Waals surface area contributed by atoms with Crippen LogP contribution < -0.4 is 14.8 Å². The Morgan fingerprint density at radius 2 is 1.89 bits per heavy atom. The Morgan fingerprint density at radius 3 is 2.71 bits per heavy atom. The van der Waals surface area contributed by atoms with Gasteiger partial charge in [-0.05, 0) is 36.9 Å². The molecule has 1 fully saturated rings. The van der Waals surface area contributed by atoms with Crippen molar-refractivity contribution in [3.05, 3.63) is 93.5 Å². The minimum absolute atomic E-state index is 0.0587. The van der Waals surface area contributed by atoms with Crippen LogP contribution in [0.2, 0.25) is 0 Å². The molecule has 0 saturated carbocycles. The minimum atomic E-state index is -1.26. The lowest BCUT2D eigenvalue weighted by Gasteiger charge is -2.35. The first-order chi connectivity index (χ1) is 16.9. The van der Waals surface area contributed by atoms with Gasteiger partial charge in [0, 0.05) is 41.4 Å². The van der Waals surface area contributed by atoms with Crippen LogP contribution in [0.5, 0.6) is 11.5 Å². The van der Waals surface area contributed by atoms with Crippen molar-refractivity contribution >= 4 is 23.1 Å². The van der Waals surface area contributed by atoms with Crippen LogP contribution in [-0.4, -0.2) is 41.9 Å². The van der Waals surface area contributed by atoms with Crippen LogP contribution in [0.1, 0.15) is 27.4 Å². The number of hydrogen-bond donors (Lipinski definition) is 1. The lowest BCUT2D eigenvalue weighted by Crippen LogP contribution is -2.51. The van der Waals surface area contributed by atoms with Gasteiger partial charge in [0.2, 0.25) is 12.7 Å². The predicted octanol–water partition coefficient (Wildman–Crippen LogP) is 3.70. The molecule has 1 saturated heterocycles. The number of Topliss-reactive ketones (excluding diaryl/α,β-unsaturated/α-hetero) is 1. The zero-order valence-corrected chi connectivity index (χ0v) is 18.8. The molecule has 9 nitrogen and oxygen atoms in total. The molecular formula is C26H21N3O6. The van der Waals surface area contributed by atoms with Crippen LogP contribution in [0.4, 0.5) is 11.4 Å². The zero-order chi connectivity index (χ0) is 24.3. The first kappa shape index (κ1) is 21.3. The van der Waals surface area contributed by atoms with Crippen molar-refractivity contribution in [2.75, 3.05) is 25.7 Å². The number of nitrogens with one attached hydrogen (secondary N) is 1. The number of likely N-dealkylation sites (tertiary alicyclic amines) is 1. The molecule has 1 amide bonds. The van der Waals surface area contributed by atoms with E-state index in [2.05, 4.69) is 5.32 Å². The maximum absolute atomic E-state index is 14.3. The van der Waals surface area contributed by atoms with Crippen molar-refractivity contribution in [2.24, 2.45) is 5.92 Å². The summed E-state index contributed by atoms with van der Waals surface area (Å²) in [4.78, 5) is 40.9. The smallest absolute Gasteiger partial charge is 0.269 e. The Balaban J connectivity index is 1.54. The largest absolute Gasteiger partial charge is 0.454 e. The normalized spacial score (nSPS) is 24.4. The summed E-state index contributed by atoms with van der Waals surface area (Å²) in [6, 6.07) is 18.7. The average Bonchev–Trinajstić information content (AvgIpc) is 3.54. The molecule has 1 spiro atoms. The topological polar surface area (TPSA) is 111 Å². The second kappa shape index (κ2) is 7.64. The maximum atomic E-state index is 14.3. The van der Waals surface area contributed by atoms with Gasteiger partial charge in [-0.2, -0.15) is 0 Å². The highest BCUT2D eigenvalue weighted by Crippen LogP contribution is 2.56. The molecule has 3 heterocycles. The van der Waals surface area contributed by atoms with E-state index in [0.717, 1.165) is 5.56 Å². The summed E-state index contributed by atoms with van der Waals surface area (Å²) in [6.07, 6.45) is 0. The SMILES string of the molecule is CN1C[C@H](c2cccc([N+](=O)[O-])c2)C(C(=O)c2ccc3c(c2)OCO3)[C@]12C(=O)Nc1ccccc12. The summed E-state index contributed by atoms with van der Waals surface area (Å²) in [6.45, 7) is 0.444. The molecule has 9 heteroatoms. The van der Waals surface area contributed by atoms with E-state index in [1.54, 1.807) is 30.3 Å². The van der Waals surface area contributed by atoms with Crippen molar-refractivity contribution < 1.29 is 24.0 Å². The number of carbonyl (C=O) groups is 2. The van der Waals surface area contributed by atoms with E-state index in [-0.39, 0.29) is 24.2 Å². The summed E-state index contributed by atoms with van der Waals surface area (Å²) in [7, 11) is 1.82. The molecule has 3 atom stereocenters. The molecule has 0 bridgehead atoms. The lowest BCUT2D eigenvalue weighted by atomic mass is 9.70. The van der Waals surface area contributed by atoms with E-state index < -0.39 is 22.3 Å². The minimum Gasteiger partial charge on any atom is -0.454 e. The van der Waals surface area contributed by atoms with Crippen molar-refractivity contribution in [2.45, 2.75) is 11.5 Å². The third kappa shape index (κ3) is 2.98. The summed E-state index contributed by atoms with van der Waals surface area (Å²) < 4.78 is 10.9. The van der Waals surface area contributed by atoms with Crippen molar-refractivity contribution in [1.29, 1.82) is 0 Å². The number of rotatable bonds is 4. The Morgan fingerprint density at radius 1 is 1.09 bits per heavy atom. The highest BCUT2D eigenvalue weighted by Gasteiger charge is 2.64. The van der Waals surface area contributed by atoms with Crippen molar-refractivity contribution in [1.82, 2.24) is 4.90 Å². The summed E-state index contributed by atoms with van der Waals surface area (Å²) in [5.74, 6) is -0.795. The van der Waals surface area contributed by atoms with Crippen molar-refractivity contribution in [3.8, 4) is 11.5 Å². The molecule has 3 aromatic rings. The molecule has 0 aromatic heterocycles. The van der Waals surface area contributed by atoms with Crippen LogP contribution in [-0.2, 0) is 10.3 Å². The standard InChI is InChI=1S/C26H21N3O6/c1-28-13-18(15-5-4-6-17(11-15)29(32)33)23(24(30)16-9-10-21-22(12-16)35-14-34-21)26(28)19-7-2-3-8-20(19)27-25(26)31/h2-12,18,23H,13-14H2,1H3,(H,27,31)/t18-,23?,26-/m1/s1. The van der Waals surface area contributed by atoms with Crippen LogP contribution in [0, 0.1) is 16.0 Å². The maximum Gasteiger partial charge on any atom is 0.269 e. The molecule has 6 rings (SSSR count). The Labute approximate surface area is 200 Å². The molecular weight excluding hydrogens is 450 g/mol. The van der Waals surface area contributed by atoms with E-state index in [9.17, 15) is 19.7 Å². The number of nitro groups is 1. The number of non-ortho nitro benzene ring substituents is 1. The second-order valence-electron chi connectivity index (χ2n) is 9.02. The van der Waals surface area contributed by atoms with Crippen LogP contribution >= 0.6 is 0 Å². The van der Waals surface area contributed by atoms with Gasteiger partial charge in [0.1, 0.15) is 5.54 Å². The molecule has 3 aliphatic rings. The van der Waals surface area contributed by atoms with E-state index >= 15 is 0 Å². The third-order valence-corrected chi connectivity index (χ3v) is 7.31. The number of fused-ring (bicyclic) bond motifs is 3. The first-order valence-electron chi connectivity index (χ1n) is 11.2. The van der Waals surface area contributed by atoms with Gasteiger partial charge < -0.3 is 14.8 Å². The number of ketones is 1. The van der Waals surface area contributed by atoms with Gasteiger partial charge in [0.05, 0.1) is 10.8 Å². The Kier molecular flexibility index (Phi) is 4.65. The number of para-hydroxylation sites is 1. The molecule has 1 N–H and O–H groups in total. The fourth-order valence-electron chi connectivity index (χ4n) is 5.79. The fourth-order valence-corrected chi connectivity index (χ4v) is 5.79. The summed E-state index contributed by atoms with van der Waals surface area (Å²) >= 11 is 0. The number of carbonyl (C=O) groups excluding carboxylic acids is 2. The van der Waals surface area contributed by atoms with Gasteiger partial charge in [0.15, 0.2) is 17.3 Å². The molecule has 0 aliphatic carbocycles. The number of likely N-dealkylation sites (N-methyl/N-ethyl adjacent to an activating group) is 1. The lowest BCUT2D eigenvalue weighted by molar-refractivity contribution is -0.384. The molecule has 0 radical (unpaired) electrons. The first-order valence-corrected chi connectivity index (χ1v) is 11.2.